The Morgan fingerprint density at radius 1 is 0.277 bits per heavy atom. The van der Waals surface area contributed by atoms with Gasteiger partial charge in [0, 0.05) is 89.6 Å². The van der Waals surface area contributed by atoms with Crippen molar-refractivity contribution in [3.8, 4) is 0 Å². The fourth-order valence-electron chi connectivity index (χ4n) is 15.6. The number of aromatic nitrogens is 3. The van der Waals surface area contributed by atoms with Gasteiger partial charge >= 0.3 is 36.1 Å². The van der Waals surface area contributed by atoms with Crippen LogP contribution in [0.5, 0.6) is 0 Å². The third-order valence-electron chi connectivity index (χ3n) is 24.0. The van der Waals surface area contributed by atoms with Crippen LogP contribution < -0.4 is 22.1 Å². The normalized spacial score (nSPS) is 14.4. The average Bonchev–Trinajstić information content (AvgIpc) is 0.820. The van der Waals surface area contributed by atoms with Gasteiger partial charge in [-0.25, -0.2) is 4.79 Å². The maximum Gasteiger partial charge on any atom is 0.353 e. The lowest BCUT2D eigenvalue weighted by molar-refractivity contribution is 0.0117. The average molecular weight is 2040 g/mol. The highest BCUT2D eigenvalue weighted by Crippen LogP contribution is 2.45. The number of hydrogen-bond donors (Lipinski definition) is 9. The Morgan fingerprint density at radius 3 is 0.745 bits per heavy atom. The Hall–Kier alpha value is -2.45. The van der Waals surface area contributed by atoms with Gasteiger partial charge in [-0.1, -0.05) is 369 Å². The Morgan fingerprint density at radius 2 is 0.496 bits per heavy atom. The molecule has 0 radical (unpaired) electrons. The predicted octanol–water partition coefficient (Wildman–Crippen LogP) is 23.6. The summed E-state index contributed by atoms with van der Waals surface area (Å²) in [6.45, 7) is 10.2. The molecule has 4 unspecified atom stereocenters. The minimum Gasteiger partial charge on any atom is -0.394 e. The van der Waals surface area contributed by atoms with E-state index in [0.29, 0.717) is 84.2 Å². The molecule has 137 heavy (non-hydrogen) atoms. The highest BCUT2D eigenvalue weighted by atomic mass is 31.2. The highest BCUT2D eigenvalue weighted by molar-refractivity contribution is 7.53. The fraction of sp³-hybridized carbons (Fsp3) is 0.912. The van der Waals surface area contributed by atoms with Crippen LogP contribution in [0.4, 0.5) is 5.69 Å². The van der Waals surface area contributed by atoms with Gasteiger partial charge < -0.3 is 106 Å². The monoisotopic (exact) mass is 2040 g/mol. The van der Waals surface area contributed by atoms with E-state index in [1.807, 2.05) is 0 Å². The van der Waals surface area contributed by atoms with Gasteiger partial charge in [-0.05, 0) is 57.4 Å². The molecular weight excluding hydrogens is 1840 g/mol. The van der Waals surface area contributed by atoms with Gasteiger partial charge in [0.05, 0.1) is 96.9 Å². The summed E-state index contributed by atoms with van der Waals surface area (Å²) in [5, 5.41) is 42.4. The van der Waals surface area contributed by atoms with Crippen molar-refractivity contribution in [3.63, 3.8) is 0 Å². The number of aliphatic hydroxyl groups excluding tert-OH is 4. The summed E-state index contributed by atoms with van der Waals surface area (Å²) < 4.78 is 118. The molecule has 0 aliphatic heterocycles. The van der Waals surface area contributed by atoms with Crippen LogP contribution >= 0.6 is 30.4 Å². The second-order valence-corrected chi connectivity index (χ2v) is 44.2. The van der Waals surface area contributed by atoms with Gasteiger partial charge in [0.1, 0.15) is 25.4 Å². The van der Waals surface area contributed by atoms with Crippen molar-refractivity contribution in [2.45, 2.75) is 464 Å². The third-order valence-corrected chi connectivity index (χ3v) is 28.3. The van der Waals surface area contributed by atoms with E-state index in [9.17, 15) is 72.6 Å². The Bertz CT molecular complexity index is 3370. The number of nitrogens with one attached hydrogen (secondary N) is 1. The van der Waals surface area contributed by atoms with Crippen LogP contribution in [0.3, 0.4) is 0 Å². The second kappa shape index (κ2) is 95.7. The molecule has 8 atom stereocenters. The van der Waals surface area contributed by atoms with Gasteiger partial charge in [-0.15, -0.1) is 0 Å². The summed E-state index contributed by atoms with van der Waals surface area (Å²) in [6.07, 6.45) is 70.0. The quantitative estimate of drug-likeness (QED) is 0.0219. The Balaban J connectivity index is 0.00000268. The van der Waals surface area contributed by atoms with Crippen molar-refractivity contribution >= 4 is 36.1 Å². The molecule has 0 aliphatic carbocycles. The number of pyridine rings is 1. The van der Waals surface area contributed by atoms with E-state index in [1.165, 1.54) is 331 Å². The first kappa shape index (κ1) is 135. The van der Waals surface area contributed by atoms with Crippen LogP contribution in [0.1, 0.15) is 420 Å². The van der Waals surface area contributed by atoms with Crippen LogP contribution in [0.2, 0.25) is 0 Å². The lowest BCUT2D eigenvalue weighted by Gasteiger charge is -2.21. The van der Waals surface area contributed by atoms with Gasteiger partial charge in [0.2, 0.25) is 0 Å². The van der Waals surface area contributed by atoms with E-state index in [2.05, 4.69) is 33.0 Å². The van der Waals surface area contributed by atoms with Crippen LogP contribution in [-0.4, -0.2) is 216 Å². The molecule has 812 valence electrons. The van der Waals surface area contributed by atoms with E-state index in [0.717, 1.165) is 66.6 Å². The van der Waals surface area contributed by atoms with Crippen molar-refractivity contribution < 1.29 is 114 Å². The number of ether oxygens (including phenoxy) is 8. The molecule has 0 aliphatic rings. The van der Waals surface area contributed by atoms with Crippen LogP contribution in [0.25, 0.3) is 0 Å². The van der Waals surface area contributed by atoms with Crippen molar-refractivity contribution in [1.82, 2.24) is 13.7 Å². The largest absolute Gasteiger partial charge is 0.394 e. The number of unbranched alkanes of at least 4 members (excludes halogenated alkanes) is 52. The van der Waals surface area contributed by atoms with Gasteiger partial charge in [0.25, 0.3) is 11.1 Å². The van der Waals surface area contributed by atoms with E-state index in [1.54, 1.807) is 6.07 Å². The van der Waals surface area contributed by atoms with Crippen molar-refractivity contribution in [2.75, 3.05) is 143 Å². The molecule has 9 N–H and O–H groups in total. The van der Waals surface area contributed by atoms with Crippen molar-refractivity contribution in [1.29, 1.82) is 0 Å². The van der Waals surface area contributed by atoms with Gasteiger partial charge in [-0.3, -0.25) is 37.0 Å². The Kier molecular flexibility index (Phi) is 94.0. The SMILES string of the molecule is C.CCCCCCCCCCCCCCCCOCCCOP(=O)(O)CO[C@H](CO)CNc1ccn(C[C@@H](CO)OCP(=O)(O)OCCCOCCCCCCCCCCCCCCCC)c(=O)c1.CCCCCCCCCCCCCCCCOCCCOP(=O)(O)CO[C@H](CO)Cn1ccc(=O)n(C[C@@H](CO)OCP(=O)(O)OCCCOCCCCCCCCCCCCCCCC)c1=O. The molecule has 0 amide bonds. The summed E-state index contributed by atoms with van der Waals surface area (Å²) in [6, 6.07) is 3.98. The lowest BCUT2D eigenvalue weighted by Crippen LogP contribution is -2.44. The second-order valence-electron chi connectivity index (χ2n) is 37.0. The number of hydrogen-bond acceptors (Lipinski definition) is 24. The Labute approximate surface area is 828 Å². The third kappa shape index (κ3) is 85.4. The van der Waals surface area contributed by atoms with E-state index in [-0.39, 0.29) is 53.5 Å². The highest BCUT2D eigenvalue weighted by Gasteiger charge is 2.28. The zero-order valence-electron chi connectivity index (χ0n) is 85.6. The van der Waals surface area contributed by atoms with Gasteiger partial charge in [-0.2, -0.15) is 0 Å². The molecule has 0 spiro atoms. The number of nitrogens with zero attached hydrogens (tertiary/aromatic N) is 3. The number of aliphatic hydroxyl groups is 4. The fourth-order valence-corrected chi connectivity index (χ4v) is 19.1. The van der Waals surface area contributed by atoms with Crippen molar-refractivity contribution in [2.24, 2.45) is 0 Å². The minimum absolute atomic E-state index is 0. The molecule has 0 saturated carbocycles. The summed E-state index contributed by atoms with van der Waals surface area (Å²) in [5.74, 6) is 0. The molecular formula is C102H202N4O27P4. The summed E-state index contributed by atoms with van der Waals surface area (Å²) in [5.41, 5.74) is -1.59. The summed E-state index contributed by atoms with van der Waals surface area (Å²) >= 11 is 0. The van der Waals surface area contributed by atoms with Crippen LogP contribution in [0, 0.1) is 0 Å². The molecule has 0 aromatic carbocycles. The maximum atomic E-state index is 13.3. The topological polar surface area (TPSA) is 419 Å². The first-order valence-corrected chi connectivity index (χ1v) is 60.9. The zero-order valence-corrected chi connectivity index (χ0v) is 89.1. The molecule has 31 nitrogen and oxygen atoms in total. The molecule has 0 saturated heterocycles. The first-order valence-electron chi connectivity index (χ1n) is 53.8. The zero-order chi connectivity index (χ0) is 99.5. The van der Waals surface area contributed by atoms with Crippen molar-refractivity contribution in [3.05, 3.63) is 61.8 Å². The minimum atomic E-state index is -4.22. The van der Waals surface area contributed by atoms with Crippen LogP contribution in [-0.2, 0) is 93.9 Å². The molecule has 2 heterocycles. The van der Waals surface area contributed by atoms with Crippen LogP contribution in [0.15, 0.2) is 45.0 Å². The summed E-state index contributed by atoms with van der Waals surface area (Å²) in [7, 11) is -16.6. The first-order chi connectivity index (χ1) is 66.0. The van der Waals surface area contributed by atoms with E-state index >= 15 is 0 Å². The standard InChI is InChI=1S/C51H100N2O13P2.C50H98N2O14P2.CH4/c1-3-5-7-9-11-13-15-17-19-21-23-25-27-29-35-61-37-31-39-65-67(57,58)46-63-49(44-54)42-52-48-33-34-53(51(56)41-48)43-50(45-55)64-47-68(59,60)66-40-32-38-62-36-30-28-26-24-22-20-18-16-14-12-10-8-6-4-2;1-3-5-7-9-11-13-15-17-19-21-23-25-27-29-35-61-37-31-39-65-67(57,58)45-63-47(43-53)41-51-34-33-49(55)52(50(51)56)42-48(44-54)64-46-68(59,60)66-40-32-38-62-36-30-28-26-24-22-20-18-16-14-12-10-8-6-4-2;/h33-34,41,49-50,52,54-55H,3-32,35-40,42-47H2,1-2H3,(H,57,58)(H,59,60);33-34,47-48,53-54H,3-32,35-46H2,1-2H3,(H,57,58)(H,59,60);1H4/t49-,50-;47-,48-;/m00./s1. The maximum absolute atomic E-state index is 13.3. The molecule has 35 heteroatoms. The van der Waals surface area contributed by atoms with E-state index < -0.39 is 130 Å². The molecule has 2 rings (SSSR count). The number of anilines is 1. The molecule has 2 aromatic heterocycles. The molecule has 2 aromatic rings. The molecule has 0 bridgehead atoms. The lowest BCUT2D eigenvalue weighted by atomic mass is 10.0. The van der Waals surface area contributed by atoms with Gasteiger partial charge in [0.15, 0.2) is 0 Å². The van der Waals surface area contributed by atoms with E-state index in [4.69, 9.17) is 56.0 Å². The predicted molar refractivity (Wildman–Crippen MR) is 554 cm³/mol. The summed E-state index contributed by atoms with van der Waals surface area (Å²) in [4.78, 5) is 79.8. The number of rotatable bonds is 105. The smallest absolute Gasteiger partial charge is 0.353 e. The molecule has 0 fully saturated rings.